The van der Waals surface area contributed by atoms with E-state index in [4.69, 9.17) is 5.73 Å². The first-order chi connectivity index (χ1) is 7.20. The van der Waals surface area contributed by atoms with E-state index in [0.29, 0.717) is 11.3 Å². The van der Waals surface area contributed by atoms with E-state index in [-0.39, 0.29) is 5.91 Å². The molecule has 0 fully saturated rings. The van der Waals surface area contributed by atoms with E-state index >= 15 is 0 Å². The molecule has 0 aromatic heterocycles. The highest BCUT2D eigenvalue weighted by atomic mass is 16.2. The number of azo groups is 1. The molecule has 0 aliphatic carbocycles. The van der Waals surface area contributed by atoms with Crippen molar-refractivity contribution in [1.82, 2.24) is 0 Å². The highest BCUT2D eigenvalue weighted by Gasteiger charge is 2.25. The summed E-state index contributed by atoms with van der Waals surface area (Å²) in [5.74, 6) is -0.330. The summed E-state index contributed by atoms with van der Waals surface area (Å²) in [6.07, 6.45) is 0. The first kappa shape index (κ1) is 9.73. The predicted molar refractivity (Wildman–Crippen MR) is 55.9 cm³/mol. The number of hydrogen-bond acceptors (Lipinski definition) is 3. The van der Waals surface area contributed by atoms with Gasteiger partial charge in [0, 0.05) is 0 Å². The molecule has 1 aliphatic heterocycles. The van der Waals surface area contributed by atoms with Crippen LogP contribution in [0.1, 0.15) is 18.5 Å². The highest BCUT2D eigenvalue weighted by molar-refractivity contribution is 5.97. The van der Waals surface area contributed by atoms with Gasteiger partial charge in [0.15, 0.2) is 0 Å². The van der Waals surface area contributed by atoms with Gasteiger partial charge in [0.1, 0.15) is 0 Å². The van der Waals surface area contributed by atoms with E-state index in [2.05, 4.69) is 10.2 Å². The molecular formula is C11H11N3O. The monoisotopic (exact) mass is 201 g/mol. The van der Waals surface area contributed by atoms with E-state index in [9.17, 15) is 4.79 Å². The summed E-state index contributed by atoms with van der Waals surface area (Å²) >= 11 is 0. The largest absolute Gasteiger partial charge is 0.320 e. The molecule has 1 atom stereocenters. The molecule has 15 heavy (non-hydrogen) atoms. The van der Waals surface area contributed by atoms with E-state index in [1.54, 1.807) is 6.92 Å². The van der Waals surface area contributed by atoms with E-state index in [1.807, 2.05) is 30.3 Å². The summed E-state index contributed by atoms with van der Waals surface area (Å²) in [6, 6.07) is 9.02. The van der Waals surface area contributed by atoms with Crippen LogP contribution in [0.3, 0.4) is 0 Å². The van der Waals surface area contributed by atoms with E-state index in [1.165, 1.54) is 0 Å². The molecule has 76 valence electrons. The minimum atomic E-state index is -0.436. The minimum Gasteiger partial charge on any atom is -0.320 e. The van der Waals surface area contributed by atoms with Gasteiger partial charge < -0.3 is 5.73 Å². The second-order valence-corrected chi connectivity index (χ2v) is 3.39. The van der Waals surface area contributed by atoms with Crippen molar-refractivity contribution in [3.05, 3.63) is 47.2 Å². The van der Waals surface area contributed by atoms with E-state index < -0.39 is 6.04 Å². The lowest BCUT2D eigenvalue weighted by Gasteiger charge is -2.11. The van der Waals surface area contributed by atoms with Gasteiger partial charge in [-0.1, -0.05) is 30.3 Å². The first-order valence-corrected chi connectivity index (χ1v) is 4.67. The number of nitrogens with zero attached hydrogens (tertiary/aromatic N) is 2. The summed E-state index contributed by atoms with van der Waals surface area (Å²) in [7, 11) is 0. The minimum absolute atomic E-state index is 0.330. The number of benzene rings is 1. The zero-order chi connectivity index (χ0) is 10.8. The molecule has 0 spiro atoms. The lowest BCUT2D eigenvalue weighted by atomic mass is 9.98. The highest BCUT2D eigenvalue weighted by Crippen LogP contribution is 2.27. The van der Waals surface area contributed by atoms with Gasteiger partial charge in [-0.05, 0) is 12.5 Å². The van der Waals surface area contributed by atoms with Crippen molar-refractivity contribution in [2.24, 2.45) is 16.0 Å². The van der Waals surface area contributed by atoms with Crippen molar-refractivity contribution < 1.29 is 4.79 Å². The molecule has 1 aromatic rings. The van der Waals surface area contributed by atoms with E-state index in [0.717, 1.165) is 5.56 Å². The Kier molecular flexibility index (Phi) is 2.43. The molecule has 4 heteroatoms. The molecule has 1 heterocycles. The summed E-state index contributed by atoms with van der Waals surface area (Å²) in [5.41, 5.74) is 7.97. The second kappa shape index (κ2) is 3.74. The third-order valence-electron chi connectivity index (χ3n) is 2.38. The fourth-order valence-electron chi connectivity index (χ4n) is 1.57. The molecule has 1 aromatic carbocycles. The molecular weight excluding hydrogens is 190 g/mol. The van der Waals surface area contributed by atoms with Crippen LogP contribution in [0, 0.1) is 0 Å². The van der Waals surface area contributed by atoms with Gasteiger partial charge in [-0.2, -0.15) is 5.11 Å². The number of hydrogen-bond donors (Lipinski definition) is 1. The molecule has 0 saturated carbocycles. The Hall–Kier alpha value is -1.81. The van der Waals surface area contributed by atoms with Crippen LogP contribution in [-0.4, -0.2) is 5.91 Å². The zero-order valence-corrected chi connectivity index (χ0v) is 8.34. The quantitative estimate of drug-likeness (QED) is 0.794. The fraction of sp³-hybridized carbons (Fsp3) is 0.182. The van der Waals surface area contributed by atoms with Gasteiger partial charge in [-0.3, -0.25) is 4.79 Å². The molecule has 1 amide bonds. The van der Waals surface area contributed by atoms with Crippen LogP contribution >= 0.6 is 0 Å². The van der Waals surface area contributed by atoms with Crippen molar-refractivity contribution in [2.75, 3.05) is 0 Å². The molecule has 1 aliphatic rings. The van der Waals surface area contributed by atoms with Crippen molar-refractivity contribution in [3.63, 3.8) is 0 Å². The SMILES string of the molecule is CC1=C(C(N)c2ccccc2)C(=O)N=N1. The van der Waals surface area contributed by atoms with Gasteiger partial charge in [0.05, 0.1) is 17.3 Å². The van der Waals surface area contributed by atoms with Crippen molar-refractivity contribution in [3.8, 4) is 0 Å². The van der Waals surface area contributed by atoms with Crippen LogP contribution in [0.5, 0.6) is 0 Å². The van der Waals surface area contributed by atoms with Gasteiger partial charge in [0.25, 0.3) is 5.91 Å². The number of rotatable bonds is 2. The third-order valence-corrected chi connectivity index (χ3v) is 2.38. The summed E-state index contributed by atoms with van der Waals surface area (Å²) < 4.78 is 0. The number of nitrogens with two attached hydrogens (primary N) is 1. The number of amides is 1. The number of carbonyl (C=O) groups is 1. The Bertz CT molecular complexity index is 448. The molecule has 0 bridgehead atoms. The van der Waals surface area contributed by atoms with Crippen LogP contribution in [0.2, 0.25) is 0 Å². The Morgan fingerprint density at radius 3 is 2.40 bits per heavy atom. The number of carbonyl (C=O) groups excluding carboxylic acids is 1. The topological polar surface area (TPSA) is 67.8 Å². The van der Waals surface area contributed by atoms with Crippen LogP contribution in [0.25, 0.3) is 0 Å². The molecule has 1 unspecified atom stereocenters. The standard InChI is InChI=1S/C11H11N3O/c1-7-9(11(15)14-13-7)10(12)8-5-3-2-4-6-8/h2-6,10H,12H2,1H3. The molecule has 0 saturated heterocycles. The molecule has 0 radical (unpaired) electrons. The number of allylic oxidation sites excluding steroid dienone is 1. The van der Waals surface area contributed by atoms with Gasteiger partial charge >= 0.3 is 0 Å². The van der Waals surface area contributed by atoms with Gasteiger partial charge in [0.2, 0.25) is 0 Å². The van der Waals surface area contributed by atoms with Crippen molar-refractivity contribution in [2.45, 2.75) is 13.0 Å². The lowest BCUT2D eigenvalue weighted by molar-refractivity contribution is -0.114. The lowest BCUT2D eigenvalue weighted by Crippen LogP contribution is -2.17. The average Bonchev–Trinajstić information content (AvgIpc) is 2.59. The molecule has 2 N–H and O–H groups in total. The predicted octanol–water partition coefficient (Wildman–Crippen LogP) is 1.95. The van der Waals surface area contributed by atoms with Gasteiger partial charge in [-0.15, -0.1) is 5.11 Å². The second-order valence-electron chi connectivity index (χ2n) is 3.39. The first-order valence-electron chi connectivity index (χ1n) is 4.67. The maximum atomic E-state index is 11.4. The Labute approximate surface area is 87.5 Å². The zero-order valence-electron chi connectivity index (χ0n) is 8.34. The van der Waals surface area contributed by atoms with Gasteiger partial charge in [-0.25, -0.2) is 0 Å². The Balaban J connectivity index is 2.35. The third kappa shape index (κ3) is 1.71. The molecule has 2 rings (SSSR count). The van der Waals surface area contributed by atoms with Crippen molar-refractivity contribution >= 4 is 5.91 Å². The summed E-state index contributed by atoms with van der Waals surface area (Å²) in [5, 5.41) is 7.20. The average molecular weight is 201 g/mol. The maximum absolute atomic E-state index is 11.4. The van der Waals surface area contributed by atoms with Crippen LogP contribution in [-0.2, 0) is 4.79 Å². The Morgan fingerprint density at radius 2 is 1.87 bits per heavy atom. The van der Waals surface area contributed by atoms with Crippen LogP contribution in [0.4, 0.5) is 0 Å². The summed E-state index contributed by atoms with van der Waals surface area (Å²) in [6.45, 7) is 1.74. The summed E-state index contributed by atoms with van der Waals surface area (Å²) in [4.78, 5) is 11.4. The fourth-order valence-corrected chi connectivity index (χ4v) is 1.57. The normalized spacial score (nSPS) is 17.3. The van der Waals surface area contributed by atoms with Crippen LogP contribution < -0.4 is 5.73 Å². The smallest absolute Gasteiger partial charge is 0.295 e. The molecule has 4 nitrogen and oxygen atoms in total. The van der Waals surface area contributed by atoms with Crippen molar-refractivity contribution in [1.29, 1.82) is 0 Å². The maximum Gasteiger partial charge on any atom is 0.295 e. The Morgan fingerprint density at radius 1 is 1.20 bits per heavy atom. The van der Waals surface area contributed by atoms with Crippen LogP contribution in [0.15, 0.2) is 51.8 Å².